The van der Waals surface area contributed by atoms with Crippen LogP contribution in [0.4, 0.5) is 11.8 Å². The third-order valence-corrected chi connectivity index (χ3v) is 5.69. The highest BCUT2D eigenvalue weighted by molar-refractivity contribution is 5.97. The summed E-state index contributed by atoms with van der Waals surface area (Å²) in [6, 6.07) is 0.606. The first-order valence-corrected chi connectivity index (χ1v) is 9.88. The predicted molar refractivity (Wildman–Crippen MR) is 102 cm³/mol. The van der Waals surface area contributed by atoms with Gasteiger partial charge in [-0.1, -0.05) is 6.42 Å². The standard InChI is InChI=1S/C19H31N5O2/c1-3-26-15-9-7-14(8-10-15)23-19-21-11-16(17(20)25)18(24-19)22-12(2)13-5-4-6-13/h11-15H,3-10H2,1-2H3,(H2,20,25)(H2,21,22,23,24). The zero-order valence-electron chi connectivity index (χ0n) is 15.8. The van der Waals surface area contributed by atoms with Crippen LogP contribution in [-0.4, -0.2) is 40.7 Å². The van der Waals surface area contributed by atoms with Crippen molar-refractivity contribution in [2.75, 3.05) is 17.2 Å². The summed E-state index contributed by atoms with van der Waals surface area (Å²) in [6.45, 7) is 4.95. The fourth-order valence-electron chi connectivity index (χ4n) is 3.81. The summed E-state index contributed by atoms with van der Waals surface area (Å²) in [5.41, 5.74) is 5.85. The molecule has 1 atom stereocenters. The molecule has 1 unspecified atom stereocenters. The number of primary amides is 1. The first-order chi connectivity index (χ1) is 12.6. The second-order valence-electron chi connectivity index (χ2n) is 7.52. The van der Waals surface area contributed by atoms with E-state index in [1.807, 2.05) is 6.92 Å². The molecule has 0 bridgehead atoms. The molecule has 2 saturated carbocycles. The van der Waals surface area contributed by atoms with E-state index in [-0.39, 0.29) is 6.04 Å². The Morgan fingerprint density at radius 2 is 2.04 bits per heavy atom. The minimum atomic E-state index is -0.503. The molecule has 0 aliphatic heterocycles. The molecule has 0 aromatic carbocycles. The number of hydrogen-bond acceptors (Lipinski definition) is 6. The van der Waals surface area contributed by atoms with E-state index < -0.39 is 5.91 Å². The smallest absolute Gasteiger partial charge is 0.254 e. The second kappa shape index (κ2) is 8.66. The fourth-order valence-corrected chi connectivity index (χ4v) is 3.81. The molecular weight excluding hydrogens is 330 g/mol. The Balaban J connectivity index is 1.64. The number of nitrogens with two attached hydrogens (primary N) is 1. The molecule has 7 nitrogen and oxygen atoms in total. The molecule has 3 rings (SSSR count). The fraction of sp³-hybridized carbons (Fsp3) is 0.737. The SMILES string of the molecule is CCOC1CCC(Nc2ncc(C(N)=O)c(NC(C)C3CCC3)n2)CC1. The average molecular weight is 361 g/mol. The molecule has 1 amide bonds. The summed E-state index contributed by atoms with van der Waals surface area (Å²) in [5.74, 6) is 1.23. The molecule has 0 saturated heterocycles. The normalized spacial score (nSPS) is 24.5. The Morgan fingerprint density at radius 3 is 2.62 bits per heavy atom. The van der Waals surface area contributed by atoms with Gasteiger partial charge in [0.2, 0.25) is 5.95 Å². The maximum Gasteiger partial charge on any atom is 0.254 e. The van der Waals surface area contributed by atoms with E-state index in [1.165, 1.54) is 25.5 Å². The molecule has 0 radical (unpaired) electrons. The average Bonchev–Trinajstić information content (AvgIpc) is 2.55. The Hall–Kier alpha value is -1.89. The maximum atomic E-state index is 11.7. The van der Waals surface area contributed by atoms with Crippen LogP contribution in [0.15, 0.2) is 6.20 Å². The van der Waals surface area contributed by atoms with Gasteiger partial charge in [-0.2, -0.15) is 4.98 Å². The lowest BCUT2D eigenvalue weighted by atomic mass is 9.80. The molecule has 2 aliphatic rings. The van der Waals surface area contributed by atoms with Crippen molar-refractivity contribution >= 4 is 17.7 Å². The van der Waals surface area contributed by atoms with Gasteiger partial charge in [0.15, 0.2) is 0 Å². The van der Waals surface area contributed by atoms with Crippen molar-refractivity contribution in [1.29, 1.82) is 0 Å². The second-order valence-corrected chi connectivity index (χ2v) is 7.52. The number of rotatable bonds is 8. The van der Waals surface area contributed by atoms with Gasteiger partial charge < -0.3 is 21.1 Å². The van der Waals surface area contributed by atoms with Gasteiger partial charge in [-0.3, -0.25) is 4.79 Å². The van der Waals surface area contributed by atoms with Crippen molar-refractivity contribution in [3.8, 4) is 0 Å². The molecule has 7 heteroatoms. The zero-order chi connectivity index (χ0) is 18.5. The number of hydrogen-bond donors (Lipinski definition) is 3. The van der Waals surface area contributed by atoms with Gasteiger partial charge in [0.05, 0.1) is 11.7 Å². The molecule has 1 heterocycles. The Kier molecular flexibility index (Phi) is 6.29. The molecule has 1 aromatic rings. The van der Waals surface area contributed by atoms with E-state index in [2.05, 4.69) is 27.5 Å². The van der Waals surface area contributed by atoms with Gasteiger partial charge >= 0.3 is 0 Å². The summed E-state index contributed by atoms with van der Waals surface area (Å²) in [5, 5.41) is 6.79. The van der Waals surface area contributed by atoms with E-state index in [4.69, 9.17) is 10.5 Å². The lowest BCUT2D eigenvalue weighted by Gasteiger charge is -2.32. The van der Waals surface area contributed by atoms with Crippen LogP contribution in [0.2, 0.25) is 0 Å². The van der Waals surface area contributed by atoms with Crippen LogP contribution in [0, 0.1) is 5.92 Å². The molecule has 2 aliphatic carbocycles. The molecule has 1 aromatic heterocycles. The molecular formula is C19H31N5O2. The van der Waals surface area contributed by atoms with Gasteiger partial charge in [0, 0.05) is 24.9 Å². The van der Waals surface area contributed by atoms with Crippen LogP contribution in [-0.2, 0) is 4.74 Å². The van der Waals surface area contributed by atoms with E-state index in [0.29, 0.717) is 35.4 Å². The molecule has 144 valence electrons. The van der Waals surface area contributed by atoms with Crippen LogP contribution in [0.25, 0.3) is 0 Å². The summed E-state index contributed by atoms with van der Waals surface area (Å²) < 4.78 is 5.70. The van der Waals surface area contributed by atoms with Crippen molar-refractivity contribution in [2.45, 2.75) is 77.0 Å². The Morgan fingerprint density at radius 1 is 1.31 bits per heavy atom. The highest BCUT2D eigenvalue weighted by Crippen LogP contribution is 2.31. The first kappa shape index (κ1) is 18.9. The number of carbonyl (C=O) groups is 1. The number of nitrogens with one attached hydrogen (secondary N) is 2. The highest BCUT2D eigenvalue weighted by atomic mass is 16.5. The van der Waals surface area contributed by atoms with Crippen LogP contribution < -0.4 is 16.4 Å². The predicted octanol–water partition coefficient (Wildman–Crippen LogP) is 2.94. The molecule has 0 spiro atoms. The monoisotopic (exact) mass is 361 g/mol. The number of anilines is 2. The van der Waals surface area contributed by atoms with Gasteiger partial charge in [0.25, 0.3) is 5.91 Å². The van der Waals surface area contributed by atoms with Crippen molar-refractivity contribution < 1.29 is 9.53 Å². The number of ether oxygens (including phenoxy) is 1. The topological polar surface area (TPSA) is 102 Å². The quantitative estimate of drug-likeness (QED) is 0.658. The maximum absolute atomic E-state index is 11.7. The highest BCUT2D eigenvalue weighted by Gasteiger charge is 2.26. The Labute approximate surface area is 155 Å². The van der Waals surface area contributed by atoms with Crippen LogP contribution >= 0.6 is 0 Å². The van der Waals surface area contributed by atoms with Crippen molar-refractivity contribution in [3.63, 3.8) is 0 Å². The first-order valence-electron chi connectivity index (χ1n) is 9.88. The van der Waals surface area contributed by atoms with E-state index in [9.17, 15) is 4.79 Å². The third kappa shape index (κ3) is 4.63. The summed E-state index contributed by atoms with van der Waals surface area (Å²) >= 11 is 0. The van der Waals surface area contributed by atoms with Gasteiger partial charge in [-0.25, -0.2) is 4.98 Å². The summed E-state index contributed by atoms with van der Waals surface area (Å²) in [6.07, 6.45) is 9.79. The number of nitrogens with zero attached hydrogens (tertiary/aromatic N) is 2. The van der Waals surface area contributed by atoms with Crippen LogP contribution in [0.3, 0.4) is 0 Å². The molecule has 4 N–H and O–H groups in total. The minimum Gasteiger partial charge on any atom is -0.379 e. The number of aromatic nitrogens is 2. The van der Waals surface area contributed by atoms with Crippen molar-refractivity contribution in [1.82, 2.24) is 9.97 Å². The van der Waals surface area contributed by atoms with Crippen LogP contribution in [0.5, 0.6) is 0 Å². The number of amides is 1. The van der Waals surface area contributed by atoms with Crippen molar-refractivity contribution in [3.05, 3.63) is 11.8 Å². The van der Waals surface area contributed by atoms with Crippen LogP contribution in [0.1, 0.15) is 69.2 Å². The van der Waals surface area contributed by atoms with Gasteiger partial charge in [-0.15, -0.1) is 0 Å². The Bertz CT molecular complexity index is 612. The van der Waals surface area contributed by atoms with Gasteiger partial charge in [-0.05, 0) is 58.3 Å². The van der Waals surface area contributed by atoms with Gasteiger partial charge in [0.1, 0.15) is 5.82 Å². The van der Waals surface area contributed by atoms with E-state index in [1.54, 1.807) is 0 Å². The van der Waals surface area contributed by atoms with Crippen molar-refractivity contribution in [2.24, 2.45) is 11.7 Å². The zero-order valence-corrected chi connectivity index (χ0v) is 15.8. The molecule has 26 heavy (non-hydrogen) atoms. The molecule has 2 fully saturated rings. The minimum absolute atomic E-state index is 0.270. The summed E-state index contributed by atoms with van der Waals surface area (Å²) in [4.78, 5) is 20.6. The summed E-state index contributed by atoms with van der Waals surface area (Å²) in [7, 11) is 0. The third-order valence-electron chi connectivity index (χ3n) is 5.69. The van der Waals surface area contributed by atoms with E-state index >= 15 is 0 Å². The lowest BCUT2D eigenvalue weighted by Crippen LogP contribution is -2.33. The van der Waals surface area contributed by atoms with E-state index in [0.717, 1.165) is 32.3 Å². The largest absolute Gasteiger partial charge is 0.379 e. The number of carbonyl (C=O) groups excluding carboxylic acids is 1. The lowest BCUT2D eigenvalue weighted by molar-refractivity contribution is 0.0346.